The fourth-order valence-electron chi connectivity index (χ4n) is 2.33. The summed E-state index contributed by atoms with van der Waals surface area (Å²) in [5.74, 6) is 0.492. The van der Waals surface area contributed by atoms with E-state index in [1.807, 2.05) is 13.2 Å². The van der Waals surface area contributed by atoms with Crippen LogP contribution >= 0.6 is 22.9 Å². The molecule has 0 aliphatic rings. The molecule has 27 heavy (non-hydrogen) atoms. The van der Waals surface area contributed by atoms with E-state index in [4.69, 9.17) is 16.1 Å². The Balaban J connectivity index is 1.40. The number of nitrogens with zero attached hydrogens (tertiary/aromatic N) is 5. The number of aryl methyl sites for hydroxylation is 1. The highest BCUT2D eigenvalue weighted by atomic mass is 35.5. The average molecular weight is 401 g/mol. The molecular weight excluding hydrogens is 388 g/mol. The molecule has 0 bridgehead atoms. The fraction of sp³-hybridized carbons (Fsp3) is 0.118. The van der Waals surface area contributed by atoms with Crippen LogP contribution in [0.4, 0.5) is 0 Å². The van der Waals surface area contributed by atoms with Crippen LogP contribution in [0.15, 0.2) is 47.4 Å². The quantitative estimate of drug-likeness (QED) is 0.552. The molecule has 0 spiro atoms. The maximum absolute atomic E-state index is 12.3. The zero-order chi connectivity index (χ0) is 18.8. The second-order valence-electron chi connectivity index (χ2n) is 5.63. The minimum Gasteiger partial charge on any atom is -0.342 e. The number of aromatic nitrogens is 5. The van der Waals surface area contributed by atoms with Crippen molar-refractivity contribution in [2.24, 2.45) is 7.05 Å². The minimum atomic E-state index is -0.256. The van der Waals surface area contributed by atoms with Gasteiger partial charge in [-0.1, -0.05) is 16.8 Å². The zero-order valence-corrected chi connectivity index (χ0v) is 15.7. The van der Waals surface area contributed by atoms with Crippen molar-refractivity contribution < 1.29 is 9.32 Å². The molecule has 10 heteroatoms. The van der Waals surface area contributed by atoms with E-state index in [-0.39, 0.29) is 12.5 Å². The van der Waals surface area contributed by atoms with Crippen LogP contribution in [0.25, 0.3) is 22.0 Å². The Morgan fingerprint density at radius 3 is 2.81 bits per heavy atom. The van der Waals surface area contributed by atoms with E-state index >= 15 is 0 Å². The number of halogens is 1. The summed E-state index contributed by atoms with van der Waals surface area (Å²) in [5, 5.41) is 12.1. The van der Waals surface area contributed by atoms with Gasteiger partial charge in [-0.25, -0.2) is 4.98 Å². The predicted octanol–water partition coefficient (Wildman–Crippen LogP) is 3.18. The van der Waals surface area contributed by atoms with Crippen molar-refractivity contribution in [2.45, 2.75) is 6.54 Å². The van der Waals surface area contributed by atoms with Crippen molar-refractivity contribution >= 4 is 28.8 Å². The molecule has 4 rings (SSSR count). The van der Waals surface area contributed by atoms with Crippen LogP contribution in [-0.2, 0) is 13.6 Å². The number of carbonyl (C=O) groups excluding carboxylic acids is 1. The van der Waals surface area contributed by atoms with E-state index in [9.17, 15) is 4.79 Å². The van der Waals surface area contributed by atoms with Gasteiger partial charge in [-0.15, -0.1) is 11.3 Å². The molecule has 3 aromatic heterocycles. The molecular formula is C17H13ClN6O2S. The Labute approximate surface area is 162 Å². The highest BCUT2D eigenvalue weighted by Crippen LogP contribution is 2.24. The minimum absolute atomic E-state index is 0.125. The molecule has 4 aromatic rings. The van der Waals surface area contributed by atoms with Gasteiger partial charge in [-0.2, -0.15) is 10.1 Å². The van der Waals surface area contributed by atoms with Gasteiger partial charge in [-0.3, -0.25) is 9.48 Å². The predicted molar refractivity (Wildman–Crippen MR) is 100 cm³/mol. The smallest absolute Gasteiger partial charge is 0.263 e. The molecule has 0 atom stereocenters. The lowest BCUT2D eigenvalue weighted by Crippen LogP contribution is -2.21. The second-order valence-corrected chi connectivity index (χ2v) is 7.10. The number of benzene rings is 1. The second kappa shape index (κ2) is 7.29. The topological polar surface area (TPSA) is 98.7 Å². The monoisotopic (exact) mass is 400 g/mol. The van der Waals surface area contributed by atoms with E-state index in [2.05, 4.69) is 25.5 Å². The number of hydrogen-bond donors (Lipinski definition) is 1. The van der Waals surface area contributed by atoms with Crippen LogP contribution in [0.1, 0.15) is 15.6 Å². The molecule has 1 amide bonds. The maximum Gasteiger partial charge on any atom is 0.263 e. The summed E-state index contributed by atoms with van der Waals surface area (Å²) < 4.78 is 6.87. The van der Waals surface area contributed by atoms with Crippen LogP contribution in [0, 0.1) is 0 Å². The van der Waals surface area contributed by atoms with Crippen LogP contribution < -0.4 is 5.32 Å². The summed E-state index contributed by atoms with van der Waals surface area (Å²) in [6, 6.07) is 7.09. The summed E-state index contributed by atoms with van der Waals surface area (Å²) in [6.07, 6.45) is 5.09. The lowest BCUT2D eigenvalue weighted by molar-refractivity contribution is 0.0950. The Kier molecular flexibility index (Phi) is 4.69. The number of rotatable bonds is 5. The van der Waals surface area contributed by atoms with Crippen LogP contribution in [0.2, 0.25) is 5.02 Å². The fourth-order valence-corrected chi connectivity index (χ4v) is 3.26. The first-order valence-electron chi connectivity index (χ1n) is 7.90. The average Bonchev–Trinajstić information content (AvgIpc) is 3.40. The van der Waals surface area contributed by atoms with Crippen LogP contribution in [0.3, 0.4) is 0 Å². The van der Waals surface area contributed by atoms with Crippen molar-refractivity contribution in [1.82, 2.24) is 30.2 Å². The zero-order valence-electron chi connectivity index (χ0n) is 14.1. The van der Waals surface area contributed by atoms with Gasteiger partial charge in [0.15, 0.2) is 0 Å². The number of amides is 1. The highest BCUT2D eigenvalue weighted by Gasteiger charge is 2.14. The van der Waals surface area contributed by atoms with Gasteiger partial charge in [0.1, 0.15) is 9.88 Å². The third-order valence-electron chi connectivity index (χ3n) is 3.65. The largest absolute Gasteiger partial charge is 0.342 e. The SMILES string of the molecule is Cn1cc(-c2ncc(C(=O)NCc3nc(-c4ccc(Cl)cc4)no3)s2)cn1. The van der Waals surface area contributed by atoms with Crippen LogP contribution in [0.5, 0.6) is 0 Å². The van der Waals surface area contributed by atoms with Gasteiger partial charge in [0.25, 0.3) is 5.91 Å². The Hall–Kier alpha value is -3.04. The molecule has 136 valence electrons. The molecule has 1 N–H and O–H groups in total. The van der Waals surface area contributed by atoms with Gasteiger partial charge in [0.2, 0.25) is 11.7 Å². The summed E-state index contributed by atoms with van der Waals surface area (Å²) >= 11 is 7.16. The van der Waals surface area contributed by atoms with Crippen molar-refractivity contribution in [3.8, 4) is 22.0 Å². The Morgan fingerprint density at radius 1 is 1.26 bits per heavy atom. The van der Waals surface area contributed by atoms with Gasteiger partial charge in [-0.05, 0) is 24.3 Å². The van der Waals surface area contributed by atoms with E-state index < -0.39 is 0 Å². The van der Waals surface area contributed by atoms with E-state index in [1.165, 1.54) is 17.5 Å². The van der Waals surface area contributed by atoms with Gasteiger partial charge in [0.05, 0.1) is 18.9 Å². The first kappa shape index (κ1) is 17.4. The highest BCUT2D eigenvalue weighted by molar-refractivity contribution is 7.16. The van der Waals surface area contributed by atoms with E-state index in [0.717, 1.165) is 16.1 Å². The van der Waals surface area contributed by atoms with Crippen molar-refractivity contribution in [3.63, 3.8) is 0 Å². The lowest BCUT2D eigenvalue weighted by atomic mass is 10.2. The number of nitrogens with one attached hydrogen (secondary N) is 1. The molecule has 0 saturated carbocycles. The van der Waals surface area contributed by atoms with Gasteiger partial charge < -0.3 is 9.84 Å². The molecule has 0 radical (unpaired) electrons. The van der Waals surface area contributed by atoms with Gasteiger partial charge in [0, 0.05) is 29.4 Å². The molecule has 8 nitrogen and oxygen atoms in total. The van der Waals surface area contributed by atoms with Gasteiger partial charge >= 0.3 is 0 Å². The maximum atomic E-state index is 12.3. The number of carbonyl (C=O) groups is 1. The molecule has 3 heterocycles. The van der Waals surface area contributed by atoms with Crippen molar-refractivity contribution in [1.29, 1.82) is 0 Å². The lowest BCUT2D eigenvalue weighted by Gasteiger charge is -1.98. The standard InChI is InChI=1S/C17H13ClN6O2S/c1-24-9-11(6-21-24)17-20-7-13(27-17)16(25)19-8-14-22-15(23-26-14)10-2-4-12(18)5-3-10/h2-7,9H,8H2,1H3,(H,19,25). The Bertz CT molecular complexity index is 1090. The van der Waals surface area contributed by atoms with Crippen molar-refractivity contribution in [2.75, 3.05) is 0 Å². The van der Waals surface area contributed by atoms with E-state index in [0.29, 0.717) is 21.6 Å². The third kappa shape index (κ3) is 3.88. The summed E-state index contributed by atoms with van der Waals surface area (Å²) in [4.78, 5) is 21.3. The number of hydrogen-bond acceptors (Lipinski definition) is 7. The molecule has 0 aliphatic heterocycles. The first-order valence-corrected chi connectivity index (χ1v) is 9.09. The van der Waals surface area contributed by atoms with Crippen LogP contribution in [-0.4, -0.2) is 30.8 Å². The normalized spacial score (nSPS) is 10.9. The summed E-state index contributed by atoms with van der Waals surface area (Å²) in [6.45, 7) is 0.125. The van der Waals surface area contributed by atoms with E-state index in [1.54, 1.807) is 35.1 Å². The van der Waals surface area contributed by atoms with Crippen molar-refractivity contribution in [3.05, 3.63) is 58.6 Å². The molecule has 1 aromatic carbocycles. The summed E-state index contributed by atoms with van der Waals surface area (Å²) in [5.41, 5.74) is 1.65. The number of thiazole rings is 1. The first-order chi connectivity index (χ1) is 13.1. The molecule has 0 fully saturated rings. The Morgan fingerprint density at radius 2 is 2.07 bits per heavy atom. The molecule has 0 saturated heterocycles. The molecule has 0 aliphatic carbocycles. The molecule has 0 unspecified atom stereocenters. The third-order valence-corrected chi connectivity index (χ3v) is 4.95. The summed E-state index contributed by atoms with van der Waals surface area (Å²) in [7, 11) is 1.83.